The zero-order valence-electron chi connectivity index (χ0n) is 17.8. The molecule has 0 N–H and O–H groups in total. The Hall–Kier alpha value is -1.57. The van der Waals surface area contributed by atoms with Gasteiger partial charge in [0.15, 0.2) is 0 Å². The van der Waals surface area contributed by atoms with Gasteiger partial charge in [0.05, 0.1) is 6.61 Å². The van der Waals surface area contributed by atoms with Crippen LogP contribution >= 0.6 is 0 Å². The molecule has 2 nitrogen and oxygen atoms in total. The molecule has 150 valence electrons. The molecule has 1 fully saturated rings. The Kier molecular flexibility index (Phi) is 4.09. The molecule has 5 aliphatic rings. The van der Waals surface area contributed by atoms with E-state index in [2.05, 4.69) is 39.0 Å². The van der Waals surface area contributed by atoms with E-state index in [1.807, 2.05) is 0 Å². The normalized spacial score (nSPS) is 37.4. The van der Waals surface area contributed by atoms with E-state index in [4.69, 9.17) is 4.74 Å². The van der Waals surface area contributed by atoms with Crippen molar-refractivity contribution in [2.45, 2.75) is 78.6 Å². The Morgan fingerprint density at radius 3 is 2.75 bits per heavy atom. The fraction of sp³-hybridized carbons (Fsp3) is 0.654. The van der Waals surface area contributed by atoms with E-state index >= 15 is 0 Å². The second kappa shape index (κ2) is 6.21. The van der Waals surface area contributed by atoms with Crippen molar-refractivity contribution in [1.29, 1.82) is 0 Å². The minimum absolute atomic E-state index is 0.193. The van der Waals surface area contributed by atoms with Crippen molar-refractivity contribution < 1.29 is 9.53 Å². The van der Waals surface area contributed by atoms with Crippen molar-refractivity contribution in [2.24, 2.45) is 22.2 Å². The van der Waals surface area contributed by atoms with Crippen LogP contribution in [0.5, 0.6) is 0 Å². The van der Waals surface area contributed by atoms with Gasteiger partial charge in [0.25, 0.3) is 0 Å². The van der Waals surface area contributed by atoms with Crippen LogP contribution < -0.4 is 0 Å². The van der Waals surface area contributed by atoms with Crippen LogP contribution in [0.15, 0.2) is 46.3 Å². The molecule has 0 bridgehead atoms. The molecular formula is C26H34O2. The van der Waals surface area contributed by atoms with Gasteiger partial charge in [-0.05, 0) is 104 Å². The summed E-state index contributed by atoms with van der Waals surface area (Å²) in [5.41, 5.74) is 7.66. The minimum atomic E-state index is 0.193. The topological polar surface area (TPSA) is 26.3 Å². The highest BCUT2D eigenvalue weighted by molar-refractivity contribution is 5.57. The average molecular weight is 379 g/mol. The van der Waals surface area contributed by atoms with Crippen LogP contribution in [0, 0.1) is 22.2 Å². The van der Waals surface area contributed by atoms with E-state index in [0.717, 1.165) is 37.9 Å². The summed E-state index contributed by atoms with van der Waals surface area (Å²) in [6.07, 6.45) is 18.8. The van der Waals surface area contributed by atoms with Gasteiger partial charge in [-0.3, -0.25) is 0 Å². The molecule has 0 aromatic rings. The average Bonchev–Trinajstić information content (AvgIpc) is 3.37. The van der Waals surface area contributed by atoms with Gasteiger partial charge in [0.2, 0.25) is 0 Å². The highest BCUT2D eigenvalue weighted by atomic mass is 16.5. The smallest absolute Gasteiger partial charge is 0.120 e. The van der Waals surface area contributed by atoms with Crippen LogP contribution in [0.1, 0.15) is 78.6 Å². The largest absolute Gasteiger partial charge is 0.494 e. The van der Waals surface area contributed by atoms with Gasteiger partial charge >= 0.3 is 0 Å². The van der Waals surface area contributed by atoms with Gasteiger partial charge in [-0.25, -0.2) is 0 Å². The van der Waals surface area contributed by atoms with E-state index in [1.165, 1.54) is 32.1 Å². The Labute approximate surface area is 169 Å². The fourth-order valence-corrected chi connectivity index (χ4v) is 7.03. The number of ether oxygens (including phenoxy) is 1. The van der Waals surface area contributed by atoms with E-state index in [-0.39, 0.29) is 10.8 Å². The Bertz CT molecular complexity index is 834. The van der Waals surface area contributed by atoms with Crippen LogP contribution in [-0.4, -0.2) is 12.9 Å². The van der Waals surface area contributed by atoms with E-state index in [9.17, 15) is 4.79 Å². The van der Waals surface area contributed by atoms with Gasteiger partial charge in [-0.15, -0.1) is 0 Å². The molecule has 1 saturated carbocycles. The van der Waals surface area contributed by atoms with Crippen molar-refractivity contribution in [1.82, 2.24) is 0 Å². The van der Waals surface area contributed by atoms with Crippen molar-refractivity contribution in [2.75, 3.05) is 6.61 Å². The summed E-state index contributed by atoms with van der Waals surface area (Å²) < 4.78 is 5.90. The first-order valence-corrected chi connectivity index (χ1v) is 11.4. The molecule has 0 aromatic carbocycles. The molecule has 0 heterocycles. The zero-order valence-corrected chi connectivity index (χ0v) is 17.8. The van der Waals surface area contributed by atoms with Crippen molar-refractivity contribution in [3.05, 3.63) is 46.3 Å². The highest BCUT2D eigenvalue weighted by Crippen LogP contribution is 2.71. The summed E-state index contributed by atoms with van der Waals surface area (Å²) in [5, 5.41) is 0. The number of carbonyl (C=O) groups is 1. The molecule has 0 amide bonds. The lowest BCUT2D eigenvalue weighted by molar-refractivity contribution is -0.108. The number of hydrogen-bond donors (Lipinski definition) is 0. The lowest BCUT2D eigenvalue weighted by Gasteiger charge is -2.50. The summed E-state index contributed by atoms with van der Waals surface area (Å²) in [5.74, 6) is 1.76. The first-order chi connectivity index (χ1) is 13.5. The molecule has 0 saturated heterocycles. The maximum absolute atomic E-state index is 11.0. The number of fused-ring (bicyclic) bond motifs is 5. The SMILES string of the molecule is CCOC1=CCC2(C)C(=C1)C1(CC1)CC1=C2CCC2C1=CC[C@@]2(C)CCC=O. The lowest BCUT2D eigenvalue weighted by Crippen LogP contribution is -2.39. The number of aldehydes is 1. The molecule has 5 rings (SSSR count). The summed E-state index contributed by atoms with van der Waals surface area (Å²) in [6.45, 7) is 7.77. The van der Waals surface area contributed by atoms with Crippen LogP contribution in [0.25, 0.3) is 0 Å². The number of allylic oxidation sites excluding steroid dienone is 7. The highest BCUT2D eigenvalue weighted by Gasteiger charge is 2.59. The summed E-state index contributed by atoms with van der Waals surface area (Å²) in [7, 11) is 0. The first-order valence-electron chi connectivity index (χ1n) is 11.4. The third-order valence-electron chi connectivity index (χ3n) is 8.74. The molecule has 2 heteroatoms. The molecule has 2 unspecified atom stereocenters. The Morgan fingerprint density at radius 2 is 2.04 bits per heavy atom. The summed E-state index contributed by atoms with van der Waals surface area (Å²) in [4.78, 5) is 11.0. The van der Waals surface area contributed by atoms with Crippen molar-refractivity contribution in [3.8, 4) is 0 Å². The summed E-state index contributed by atoms with van der Waals surface area (Å²) >= 11 is 0. The second-order valence-corrected chi connectivity index (χ2v) is 10.4. The van der Waals surface area contributed by atoms with Crippen LogP contribution in [-0.2, 0) is 9.53 Å². The quantitative estimate of drug-likeness (QED) is 0.514. The zero-order chi connectivity index (χ0) is 19.6. The molecule has 0 aliphatic heterocycles. The number of hydrogen-bond acceptors (Lipinski definition) is 2. The predicted octanol–water partition coefficient (Wildman–Crippen LogP) is 6.45. The van der Waals surface area contributed by atoms with Gasteiger partial charge < -0.3 is 9.53 Å². The monoisotopic (exact) mass is 378 g/mol. The van der Waals surface area contributed by atoms with Gasteiger partial charge in [0.1, 0.15) is 12.0 Å². The maximum atomic E-state index is 11.0. The fourth-order valence-electron chi connectivity index (χ4n) is 7.03. The third-order valence-corrected chi connectivity index (χ3v) is 8.74. The third kappa shape index (κ3) is 2.49. The van der Waals surface area contributed by atoms with Crippen molar-refractivity contribution in [3.63, 3.8) is 0 Å². The number of rotatable bonds is 5. The molecule has 28 heavy (non-hydrogen) atoms. The second-order valence-electron chi connectivity index (χ2n) is 10.4. The van der Waals surface area contributed by atoms with Crippen LogP contribution in [0.3, 0.4) is 0 Å². The van der Waals surface area contributed by atoms with Gasteiger partial charge in [-0.2, -0.15) is 0 Å². The first kappa shape index (κ1) is 18.5. The molecule has 3 atom stereocenters. The molecule has 5 aliphatic carbocycles. The van der Waals surface area contributed by atoms with E-state index in [1.54, 1.807) is 22.3 Å². The van der Waals surface area contributed by atoms with E-state index < -0.39 is 0 Å². The van der Waals surface area contributed by atoms with Crippen LogP contribution in [0.2, 0.25) is 0 Å². The number of carbonyl (C=O) groups excluding carboxylic acids is 1. The molecule has 0 aromatic heterocycles. The lowest BCUT2D eigenvalue weighted by atomic mass is 9.54. The molecule has 0 radical (unpaired) electrons. The molecule has 1 spiro atoms. The van der Waals surface area contributed by atoms with Gasteiger partial charge in [-0.1, -0.05) is 25.5 Å². The summed E-state index contributed by atoms with van der Waals surface area (Å²) in [6, 6.07) is 0. The Morgan fingerprint density at radius 1 is 1.21 bits per heavy atom. The minimum Gasteiger partial charge on any atom is -0.494 e. The standard InChI is InChI=1S/C26H34O2/c1-4-28-18-8-12-25(3)22-7-6-21-19(9-11-24(21,2)10-5-15-27)20(22)17-26(13-14-26)23(25)16-18/h8-9,15-16,21H,4-7,10-14,17H2,1-3H3/t21?,24-,25?/m1/s1. The predicted molar refractivity (Wildman–Crippen MR) is 113 cm³/mol. The Balaban J connectivity index is 1.53. The van der Waals surface area contributed by atoms with Crippen LogP contribution in [0.4, 0.5) is 0 Å². The molecular weight excluding hydrogens is 344 g/mol. The van der Waals surface area contributed by atoms with E-state index in [0.29, 0.717) is 17.8 Å². The van der Waals surface area contributed by atoms with Crippen molar-refractivity contribution >= 4 is 6.29 Å². The maximum Gasteiger partial charge on any atom is 0.120 e. The van der Waals surface area contributed by atoms with Gasteiger partial charge in [0, 0.05) is 11.8 Å².